The third-order valence-electron chi connectivity index (χ3n) is 5.61. The van der Waals surface area contributed by atoms with Crippen LogP contribution in [0, 0.1) is 11.3 Å². The van der Waals surface area contributed by atoms with Gasteiger partial charge in [0.2, 0.25) is 5.91 Å². The Morgan fingerprint density at radius 2 is 2.21 bits per heavy atom. The van der Waals surface area contributed by atoms with Gasteiger partial charge in [-0.15, -0.1) is 0 Å². The molecule has 0 aliphatic carbocycles. The Hall–Kier alpha value is -2.08. The van der Waals surface area contributed by atoms with Crippen molar-refractivity contribution >= 4 is 11.8 Å². The van der Waals surface area contributed by atoms with Crippen LogP contribution in [-0.4, -0.2) is 56.7 Å². The van der Waals surface area contributed by atoms with Crippen LogP contribution < -0.4 is 10.1 Å². The predicted octanol–water partition coefficient (Wildman–Crippen LogP) is 0.846. The molecule has 1 aromatic carbocycles. The van der Waals surface area contributed by atoms with Crippen LogP contribution in [0.1, 0.15) is 22.3 Å². The van der Waals surface area contributed by atoms with Crippen molar-refractivity contribution in [2.24, 2.45) is 11.3 Å². The number of nitrogens with zero attached hydrogens (tertiary/aromatic N) is 1. The highest BCUT2D eigenvalue weighted by atomic mass is 16.5. The van der Waals surface area contributed by atoms with Gasteiger partial charge in [-0.2, -0.15) is 0 Å². The van der Waals surface area contributed by atoms with Crippen LogP contribution in [0.4, 0.5) is 0 Å². The molecular formula is C18H22N2O4. The molecule has 4 rings (SSSR count). The summed E-state index contributed by atoms with van der Waals surface area (Å²) in [4.78, 5) is 27.3. The summed E-state index contributed by atoms with van der Waals surface area (Å²) in [6, 6.07) is 5.61. The first-order chi connectivity index (χ1) is 11.6. The van der Waals surface area contributed by atoms with Crippen molar-refractivity contribution in [3.63, 3.8) is 0 Å². The highest BCUT2D eigenvalue weighted by molar-refractivity contribution is 5.96. The van der Waals surface area contributed by atoms with Gasteiger partial charge in [-0.05, 0) is 30.2 Å². The molecule has 128 valence electrons. The van der Waals surface area contributed by atoms with E-state index in [1.54, 1.807) is 7.05 Å². The molecule has 0 aromatic heterocycles. The second-order valence-electron chi connectivity index (χ2n) is 6.86. The fourth-order valence-corrected chi connectivity index (χ4v) is 4.23. The van der Waals surface area contributed by atoms with E-state index in [2.05, 4.69) is 5.32 Å². The fraction of sp³-hybridized carbons (Fsp3) is 0.556. The van der Waals surface area contributed by atoms with Gasteiger partial charge in [-0.1, -0.05) is 0 Å². The Morgan fingerprint density at radius 1 is 1.33 bits per heavy atom. The highest BCUT2D eigenvalue weighted by Gasteiger charge is 2.54. The zero-order valence-corrected chi connectivity index (χ0v) is 13.8. The maximum absolute atomic E-state index is 13.0. The molecule has 0 saturated carbocycles. The molecular weight excluding hydrogens is 308 g/mol. The molecule has 2 amide bonds. The Bertz CT molecular complexity index is 690. The highest BCUT2D eigenvalue weighted by Crippen LogP contribution is 2.43. The number of likely N-dealkylation sites (tertiary alicyclic amines) is 1. The van der Waals surface area contributed by atoms with Gasteiger partial charge in [0.1, 0.15) is 5.75 Å². The van der Waals surface area contributed by atoms with Gasteiger partial charge in [-0.3, -0.25) is 9.59 Å². The summed E-state index contributed by atoms with van der Waals surface area (Å²) >= 11 is 0. The minimum Gasteiger partial charge on any atom is -0.493 e. The number of fused-ring (bicyclic) bond motifs is 2. The van der Waals surface area contributed by atoms with E-state index < -0.39 is 5.41 Å². The standard InChI is InChI=1S/C18H22N2O4/c1-19-17(22)18-5-7-23-10-14(18)9-20(11-18)16(21)13-2-3-15-12(8-13)4-6-24-15/h2-3,8,14H,4-7,9-11H2,1H3,(H,19,22)/t14-,18+/m1/s1. The monoisotopic (exact) mass is 330 g/mol. The number of hydrogen-bond donors (Lipinski definition) is 1. The summed E-state index contributed by atoms with van der Waals surface area (Å²) in [5.41, 5.74) is 1.25. The Balaban J connectivity index is 1.59. The molecule has 1 N–H and O–H groups in total. The molecule has 0 unspecified atom stereocenters. The zero-order chi connectivity index (χ0) is 16.7. The molecule has 1 aromatic rings. The Kier molecular flexibility index (Phi) is 3.72. The summed E-state index contributed by atoms with van der Waals surface area (Å²) < 4.78 is 11.1. The van der Waals surface area contributed by atoms with Gasteiger partial charge in [0.15, 0.2) is 0 Å². The minimum atomic E-state index is -0.511. The van der Waals surface area contributed by atoms with Crippen LogP contribution in [0.2, 0.25) is 0 Å². The van der Waals surface area contributed by atoms with Crippen molar-refractivity contribution in [3.8, 4) is 5.75 Å². The van der Waals surface area contributed by atoms with E-state index in [0.717, 1.165) is 17.7 Å². The second-order valence-corrected chi connectivity index (χ2v) is 6.86. The Morgan fingerprint density at radius 3 is 3.04 bits per heavy atom. The number of nitrogens with one attached hydrogen (secondary N) is 1. The first-order valence-corrected chi connectivity index (χ1v) is 8.49. The molecule has 6 nitrogen and oxygen atoms in total. The lowest BCUT2D eigenvalue weighted by molar-refractivity contribution is -0.138. The predicted molar refractivity (Wildman–Crippen MR) is 87.0 cm³/mol. The second kappa shape index (κ2) is 5.77. The molecule has 2 atom stereocenters. The maximum Gasteiger partial charge on any atom is 0.253 e. The average Bonchev–Trinajstić information content (AvgIpc) is 3.24. The first kappa shape index (κ1) is 15.4. The summed E-state index contributed by atoms with van der Waals surface area (Å²) in [6.07, 6.45) is 1.51. The van der Waals surface area contributed by atoms with E-state index in [0.29, 0.717) is 44.9 Å². The van der Waals surface area contributed by atoms with E-state index in [1.165, 1.54) is 0 Å². The first-order valence-electron chi connectivity index (χ1n) is 8.49. The maximum atomic E-state index is 13.0. The van der Waals surface area contributed by atoms with Crippen molar-refractivity contribution in [3.05, 3.63) is 29.3 Å². The van der Waals surface area contributed by atoms with Crippen LogP contribution >= 0.6 is 0 Å². The molecule has 3 heterocycles. The van der Waals surface area contributed by atoms with Crippen LogP contribution in [0.15, 0.2) is 18.2 Å². The number of hydrogen-bond acceptors (Lipinski definition) is 4. The minimum absolute atomic E-state index is 0.0117. The van der Waals surface area contributed by atoms with Gasteiger partial charge in [-0.25, -0.2) is 0 Å². The topological polar surface area (TPSA) is 67.9 Å². The quantitative estimate of drug-likeness (QED) is 0.873. The van der Waals surface area contributed by atoms with Crippen LogP contribution in [-0.2, 0) is 16.0 Å². The number of amides is 2. The summed E-state index contributed by atoms with van der Waals surface area (Å²) in [6.45, 7) is 2.82. The van der Waals surface area contributed by atoms with Gasteiger partial charge < -0.3 is 19.7 Å². The average molecular weight is 330 g/mol. The van der Waals surface area contributed by atoms with E-state index >= 15 is 0 Å². The number of carbonyl (C=O) groups excluding carboxylic acids is 2. The lowest BCUT2D eigenvalue weighted by atomic mass is 9.73. The summed E-state index contributed by atoms with van der Waals surface area (Å²) in [5.74, 6) is 0.945. The third-order valence-corrected chi connectivity index (χ3v) is 5.61. The number of benzene rings is 1. The summed E-state index contributed by atoms with van der Waals surface area (Å²) in [7, 11) is 1.66. The normalized spacial score (nSPS) is 28.0. The summed E-state index contributed by atoms with van der Waals surface area (Å²) in [5, 5.41) is 2.78. The molecule has 0 radical (unpaired) electrons. The smallest absolute Gasteiger partial charge is 0.253 e. The van der Waals surface area contributed by atoms with Crippen LogP contribution in [0.3, 0.4) is 0 Å². The molecule has 2 fully saturated rings. The largest absolute Gasteiger partial charge is 0.493 e. The van der Waals surface area contributed by atoms with E-state index in [-0.39, 0.29) is 17.7 Å². The van der Waals surface area contributed by atoms with Gasteiger partial charge in [0.25, 0.3) is 5.91 Å². The number of rotatable bonds is 2. The number of ether oxygens (including phenoxy) is 2. The van der Waals surface area contributed by atoms with E-state index in [9.17, 15) is 9.59 Å². The molecule has 2 saturated heterocycles. The third kappa shape index (κ3) is 2.28. The molecule has 6 heteroatoms. The molecule has 3 aliphatic heterocycles. The fourth-order valence-electron chi connectivity index (χ4n) is 4.23. The SMILES string of the molecule is CNC(=O)[C@]12CCOC[C@H]1CN(C(=O)c1ccc3c(c1)CCO3)C2. The van der Waals surface area contributed by atoms with Crippen molar-refractivity contribution in [2.45, 2.75) is 12.8 Å². The van der Waals surface area contributed by atoms with E-state index in [1.807, 2.05) is 23.1 Å². The lowest BCUT2D eigenvalue weighted by Gasteiger charge is -2.36. The van der Waals surface area contributed by atoms with Crippen molar-refractivity contribution < 1.29 is 19.1 Å². The Labute approximate surface area is 141 Å². The van der Waals surface area contributed by atoms with Crippen molar-refractivity contribution in [2.75, 3.05) is 40.0 Å². The molecule has 0 spiro atoms. The number of carbonyl (C=O) groups is 2. The van der Waals surface area contributed by atoms with Crippen LogP contribution in [0.5, 0.6) is 5.75 Å². The van der Waals surface area contributed by atoms with Gasteiger partial charge in [0.05, 0.1) is 18.6 Å². The zero-order valence-electron chi connectivity index (χ0n) is 13.8. The molecule has 24 heavy (non-hydrogen) atoms. The molecule has 3 aliphatic rings. The van der Waals surface area contributed by atoms with Crippen LogP contribution in [0.25, 0.3) is 0 Å². The van der Waals surface area contributed by atoms with Gasteiger partial charge in [0, 0.05) is 44.6 Å². The van der Waals surface area contributed by atoms with Crippen molar-refractivity contribution in [1.82, 2.24) is 10.2 Å². The van der Waals surface area contributed by atoms with E-state index in [4.69, 9.17) is 9.47 Å². The van der Waals surface area contributed by atoms with Gasteiger partial charge >= 0.3 is 0 Å². The molecule has 0 bridgehead atoms. The van der Waals surface area contributed by atoms with Crippen molar-refractivity contribution in [1.29, 1.82) is 0 Å². The lowest BCUT2D eigenvalue weighted by Crippen LogP contribution is -2.49.